The van der Waals surface area contributed by atoms with Crippen molar-refractivity contribution in [3.05, 3.63) is 35.9 Å². The van der Waals surface area contributed by atoms with Crippen molar-refractivity contribution in [2.75, 3.05) is 54.8 Å². The molecule has 1 unspecified atom stereocenters. The number of likely N-dealkylation sites (tertiary alicyclic amines) is 1. The van der Waals surface area contributed by atoms with Gasteiger partial charge in [-0.2, -0.15) is 12.6 Å². The van der Waals surface area contributed by atoms with Gasteiger partial charge in [-0.3, -0.25) is 24.1 Å². The average Bonchev–Trinajstić information content (AvgIpc) is 3.62. The number of methoxy groups -OCH3 is 3. The first-order valence-corrected chi connectivity index (χ1v) is 19.3. The summed E-state index contributed by atoms with van der Waals surface area (Å²) in [6.45, 7) is 10.2. The van der Waals surface area contributed by atoms with Crippen LogP contribution in [0.1, 0.15) is 65.9 Å². The van der Waals surface area contributed by atoms with Gasteiger partial charge in [-0.25, -0.2) is 4.79 Å². The number of carbonyl (C=O) groups excluding carboxylic acids is 5. The molecule has 1 aliphatic heterocycles. The van der Waals surface area contributed by atoms with Gasteiger partial charge >= 0.3 is 5.97 Å². The number of ether oxygens (including phenoxy) is 3. The van der Waals surface area contributed by atoms with Crippen molar-refractivity contribution in [2.24, 2.45) is 17.8 Å². The Kier molecular flexibility index (Phi) is 19.3. The van der Waals surface area contributed by atoms with Gasteiger partial charge in [-0.05, 0) is 44.3 Å². The maximum absolute atomic E-state index is 14.1. The third-order valence-electron chi connectivity index (χ3n) is 10.6. The van der Waals surface area contributed by atoms with Gasteiger partial charge in [0.2, 0.25) is 23.6 Å². The summed E-state index contributed by atoms with van der Waals surface area (Å²) in [5, 5.41) is 5.76. The maximum atomic E-state index is 14.1. The van der Waals surface area contributed by atoms with E-state index in [1.165, 1.54) is 21.3 Å². The van der Waals surface area contributed by atoms with Gasteiger partial charge in [-0.1, -0.05) is 71.4 Å². The van der Waals surface area contributed by atoms with Crippen LogP contribution in [0.2, 0.25) is 0 Å². The number of nitrogens with zero attached hydrogens (tertiary/aromatic N) is 3. The molecule has 0 bridgehead atoms. The molecule has 1 aromatic rings. The highest BCUT2D eigenvalue weighted by molar-refractivity contribution is 7.80. The number of hydrogen-bond donors (Lipinski definition) is 3. The summed E-state index contributed by atoms with van der Waals surface area (Å²) >= 11 is 4.42. The number of likely N-dealkylation sites (N-methyl/N-ethyl adjacent to an activating group) is 2. The lowest BCUT2D eigenvalue weighted by atomic mass is 9.90. The summed E-state index contributed by atoms with van der Waals surface area (Å²) in [6.07, 6.45) is 1.02. The fourth-order valence-corrected chi connectivity index (χ4v) is 7.86. The predicted octanol–water partition coefficient (Wildman–Crippen LogP) is 2.81. The molecule has 0 saturated carbocycles. The molecule has 1 aromatic carbocycles. The second-order valence-corrected chi connectivity index (χ2v) is 15.1. The van der Waals surface area contributed by atoms with Gasteiger partial charge in [0, 0.05) is 40.0 Å². The summed E-state index contributed by atoms with van der Waals surface area (Å²) in [4.78, 5) is 72.8. The standard InChI is InChI=1S/C39H65N5O8S/c1-12-25(4)34(43(8)38(48)29(23-53)41-37(47)33(24(2)3)42(6)7)31(50-9)22-32(45)44-20-16-19-30(44)35(51-10)26(5)36(46)40-28(39(49)52-11)21-27-17-14-13-15-18-27/h13-15,17-18,24-26,28-31,33-35,53H,12,16,19-23H2,1-11H3,(H,40,46)(H,41,47)/t25-,26+,28?,29-,30-,31+,33-,34-,35+/m0/s1. The third-order valence-corrected chi connectivity index (χ3v) is 11.0. The largest absolute Gasteiger partial charge is 0.467 e. The molecule has 14 heteroatoms. The molecule has 1 aliphatic rings. The predicted molar refractivity (Wildman–Crippen MR) is 208 cm³/mol. The molecule has 1 heterocycles. The molecule has 13 nitrogen and oxygen atoms in total. The molecule has 53 heavy (non-hydrogen) atoms. The molecule has 1 saturated heterocycles. The van der Waals surface area contributed by atoms with Gasteiger partial charge in [-0.15, -0.1) is 0 Å². The van der Waals surface area contributed by atoms with E-state index in [1.807, 2.05) is 77.0 Å². The molecule has 4 amide bonds. The van der Waals surface area contributed by atoms with E-state index in [9.17, 15) is 24.0 Å². The first-order chi connectivity index (χ1) is 25.1. The number of hydrogen-bond acceptors (Lipinski definition) is 10. The van der Waals surface area contributed by atoms with E-state index in [1.54, 1.807) is 23.8 Å². The number of nitrogens with one attached hydrogen (secondary N) is 2. The van der Waals surface area contributed by atoms with Gasteiger partial charge in [0.05, 0.1) is 49.8 Å². The van der Waals surface area contributed by atoms with E-state index in [0.29, 0.717) is 19.4 Å². The Bertz CT molecular complexity index is 1330. The molecule has 0 spiro atoms. The first-order valence-electron chi connectivity index (χ1n) is 18.7. The van der Waals surface area contributed by atoms with Crippen molar-refractivity contribution < 1.29 is 38.2 Å². The monoisotopic (exact) mass is 763 g/mol. The average molecular weight is 764 g/mol. The zero-order valence-electron chi connectivity index (χ0n) is 33.7. The van der Waals surface area contributed by atoms with Gasteiger partial charge in [0.25, 0.3) is 0 Å². The summed E-state index contributed by atoms with van der Waals surface area (Å²) in [5.41, 5.74) is 0.873. The fraction of sp³-hybridized carbons (Fsp3) is 0.718. The summed E-state index contributed by atoms with van der Waals surface area (Å²) in [6, 6.07) is 6.29. The van der Waals surface area contributed by atoms with Crippen LogP contribution >= 0.6 is 12.6 Å². The lowest BCUT2D eigenvalue weighted by Crippen LogP contribution is -2.59. The number of benzene rings is 1. The normalized spacial score (nSPS) is 19.1. The number of amides is 4. The summed E-state index contributed by atoms with van der Waals surface area (Å²) in [7, 11) is 9.68. The molecule has 0 radical (unpaired) electrons. The van der Waals surface area contributed by atoms with Gasteiger partial charge in [0.1, 0.15) is 12.1 Å². The van der Waals surface area contributed by atoms with Gasteiger partial charge in [0.15, 0.2) is 0 Å². The van der Waals surface area contributed by atoms with Crippen molar-refractivity contribution in [2.45, 2.75) is 109 Å². The molecule has 0 aromatic heterocycles. The zero-order valence-corrected chi connectivity index (χ0v) is 34.6. The quantitative estimate of drug-likeness (QED) is 0.127. The smallest absolute Gasteiger partial charge is 0.328 e. The SMILES string of the molecule is CC[C@H](C)[C@@H]([C@@H](CC(=O)N1CCC[C@H]1[C@H](OC)[C@@H](C)C(=O)NC(Cc1ccccc1)C(=O)OC)OC)N(C)C(=O)[C@H](CS)NC(=O)[C@H](C(C)C)N(C)C. The Morgan fingerprint density at radius 1 is 0.925 bits per heavy atom. The van der Waals surface area contributed by atoms with Crippen LogP contribution in [-0.2, 0) is 44.6 Å². The van der Waals surface area contributed by atoms with E-state index in [0.717, 1.165) is 12.0 Å². The Morgan fingerprint density at radius 3 is 2.06 bits per heavy atom. The molecule has 0 aliphatic carbocycles. The fourth-order valence-electron chi connectivity index (χ4n) is 7.62. The molecular formula is C39H65N5O8S. The zero-order chi connectivity index (χ0) is 40.0. The summed E-state index contributed by atoms with van der Waals surface area (Å²) < 4.78 is 16.9. The number of rotatable bonds is 21. The molecule has 9 atom stereocenters. The first kappa shape index (κ1) is 46.0. The van der Waals surface area contributed by atoms with E-state index >= 15 is 0 Å². The maximum Gasteiger partial charge on any atom is 0.328 e. The van der Waals surface area contributed by atoms with Crippen LogP contribution in [0.15, 0.2) is 30.3 Å². The van der Waals surface area contributed by atoms with Crippen LogP contribution in [0.25, 0.3) is 0 Å². The van der Waals surface area contributed by atoms with E-state index < -0.39 is 54.3 Å². The minimum absolute atomic E-state index is 0.00785. The Balaban J connectivity index is 2.25. The van der Waals surface area contributed by atoms with Crippen molar-refractivity contribution in [1.29, 1.82) is 0 Å². The second-order valence-electron chi connectivity index (χ2n) is 14.8. The Labute approximate surface area is 322 Å². The highest BCUT2D eigenvalue weighted by Crippen LogP contribution is 2.29. The molecular weight excluding hydrogens is 699 g/mol. The van der Waals surface area contributed by atoms with Crippen molar-refractivity contribution in [3.63, 3.8) is 0 Å². The van der Waals surface area contributed by atoms with Crippen molar-refractivity contribution in [1.82, 2.24) is 25.3 Å². The highest BCUT2D eigenvalue weighted by Gasteiger charge is 2.43. The molecule has 2 N–H and O–H groups in total. The minimum atomic E-state index is -0.893. The molecule has 1 fully saturated rings. The van der Waals surface area contributed by atoms with Crippen molar-refractivity contribution in [3.8, 4) is 0 Å². The van der Waals surface area contributed by atoms with E-state index in [-0.39, 0.29) is 54.1 Å². The Hall–Kier alpha value is -3.20. The Morgan fingerprint density at radius 2 is 1.55 bits per heavy atom. The van der Waals surface area contributed by atoms with Crippen LogP contribution in [0.4, 0.5) is 0 Å². The third kappa shape index (κ3) is 12.4. The second kappa shape index (κ2) is 22.2. The lowest BCUT2D eigenvalue weighted by molar-refractivity contribution is -0.148. The van der Waals surface area contributed by atoms with E-state index in [2.05, 4.69) is 23.3 Å². The van der Waals surface area contributed by atoms with Crippen LogP contribution in [0.3, 0.4) is 0 Å². The highest BCUT2D eigenvalue weighted by atomic mass is 32.1. The van der Waals surface area contributed by atoms with Crippen LogP contribution in [0.5, 0.6) is 0 Å². The number of esters is 1. The van der Waals surface area contributed by atoms with Crippen LogP contribution < -0.4 is 10.6 Å². The van der Waals surface area contributed by atoms with E-state index in [4.69, 9.17) is 14.2 Å². The topological polar surface area (TPSA) is 147 Å². The number of thiol groups is 1. The van der Waals surface area contributed by atoms with Crippen molar-refractivity contribution >= 4 is 42.2 Å². The lowest BCUT2D eigenvalue weighted by Gasteiger charge is -2.40. The molecule has 2 rings (SSSR count). The van der Waals surface area contributed by atoms with Crippen LogP contribution in [0, 0.1) is 17.8 Å². The molecule has 300 valence electrons. The minimum Gasteiger partial charge on any atom is -0.467 e. The summed E-state index contributed by atoms with van der Waals surface area (Å²) in [5.74, 6) is -2.31. The number of carbonyl (C=O) groups is 5. The van der Waals surface area contributed by atoms with Crippen LogP contribution in [-0.4, -0.2) is 141 Å². The van der Waals surface area contributed by atoms with Gasteiger partial charge < -0.3 is 34.6 Å².